The number of hydrogen-bond donors (Lipinski definition) is 3. The summed E-state index contributed by atoms with van der Waals surface area (Å²) in [5, 5.41) is 19.6. The molecule has 1 aliphatic rings. The summed E-state index contributed by atoms with van der Waals surface area (Å²) in [6.45, 7) is 5.84. The zero-order valence-electron chi connectivity index (χ0n) is 11.9. The number of amidine groups is 1. The lowest BCUT2D eigenvalue weighted by Crippen LogP contribution is -2.28. The van der Waals surface area contributed by atoms with E-state index in [0.29, 0.717) is 12.3 Å². The van der Waals surface area contributed by atoms with E-state index in [9.17, 15) is 0 Å². The quantitative estimate of drug-likeness (QED) is 0.310. The Kier molecular flexibility index (Phi) is 3.80. The Bertz CT molecular complexity index is 487. The van der Waals surface area contributed by atoms with Gasteiger partial charge < -0.3 is 16.3 Å². The molecule has 19 heavy (non-hydrogen) atoms. The smallest absolute Gasteiger partial charge is 0.139 e. The molecule has 2 rings (SSSR count). The Morgan fingerprint density at radius 3 is 2.68 bits per heavy atom. The fourth-order valence-electron chi connectivity index (χ4n) is 2.54. The molecule has 6 heteroatoms. The number of aromatic nitrogens is 2. The standard InChI is InChI=1S/C13H23N5O/c1-9-11(10(2)18(3)16-9)7-15-8-13(4-5-13)6-12(14)17-19/h15,19H,4-8H2,1-3H3,(H2,14,17). The van der Waals surface area contributed by atoms with Gasteiger partial charge in [-0.2, -0.15) is 5.10 Å². The molecule has 0 atom stereocenters. The van der Waals surface area contributed by atoms with E-state index in [4.69, 9.17) is 10.9 Å². The summed E-state index contributed by atoms with van der Waals surface area (Å²) in [7, 11) is 1.96. The Morgan fingerprint density at radius 2 is 2.21 bits per heavy atom. The second-order valence-corrected chi connectivity index (χ2v) is 5.64. The van der Waals surface area contributed by atoms with Gasteiger partial charge in [0.25, 0.3) is 0 Å². The highest BCUT2D eigenvalue weighted by Crippen LogP contribution is 2.48. The van der Waals surface area contributed by atoms with Crippen molar-refractivity contribution in [3.05, 3.63) is 17.0 Å². The number of nitrogens with two attached hydrogens (primary N) is 1. The van der Waals surface area contributed by atoms with E-state index in [0.717, 1.165) is 31.6 Å². The van der Waals surface area contributed by atoms with Crippen molar-refractivity contribution < 1.29 is 5.21 Å². The second-order valence-electron chi connectivity index (χ2n) is 5.64. The van der Waals surface area contributed by atoms with E-state index < -0.39 is 0 Å². The third kappa shape index (κ3) is 3.07. The maximum atomic E-state index is 8.64. The highest BCUT2D eigenvalue weighted by Gasteiger charge is 2.42. The molecule has 0 unspecified atom stereocenters. The largest absolute Gasteiger partial charge is 0.409 e. The van der Waals surface area contributed by atoms with E-state index >= 15 is 0 Å². The summed E-state index contributed by atoms with van der Waals surface area (Å²) in [6.07, 6.45) is 2.95. The van der Waals surface area contributed by atoms with Gasteiger partial charge in [-0.1, -0.05) is 5.16 Å². The molecule has 0 amide bonds. The Balaban J connectivity index is 1.87. The molecular formula is C13H23N5O. The molecule has 0 spiro atoms. The number of oxime groups is 1. The molecule has 1 heterocycles. The first kappa shape index (κ1) is 13.9. The normalized spacial score (nSPS) is 17.7. The molecule has 0 radical (unpaired) electrons. The molecule has 0 bridgehead atoms. The van der Waals surface area contributed by atoms with Gasteiger partial charge in [-0.3, -0.25) is 4.68 Å². The van der Waals surface area contributed by atoms with Gasteiger partial charge in [0.1, 0.15) is 5.84 Å². The minimum Gasteiger partial charge on any atom is -0.409 e. The van der Waals surface area contributed by atoms with E-state index in [-0.39, 0.29) is 5.41 Å². The lowest BCUT2D eigenvalue weighted by atomic mass is 10.0. The maximum Gasteiger partial charge on any atom is 0.139 e. The van der Waals surface area contributed by atoms with Crippen LogP contribution >= 0.6 is 0 Å². The number of rotatable bonds is 6. The number of aryl methyl sites for hydroxylation is 2. The first-order valence-electron chi connectivity index (χ1n) is 6.64. The average Bonchev–Trinajstić information content (AvgIpc) is 3.08. The summed E-state index contributed by atoms with van der Waals surface area (Å²) < 4.78 is 1.91. The van der Waals surface area contributed by atoms with Gasteiger partial charge in [-0.25, -0.2) is 0 Å². The van der Waals surface area contributed by atoms with Crippen molar-refractivity contribution in [2.24, 2.45) is 23.4 Å². The van der Waals surface area contributed by atoms with Crippen molar-refractivity contribution in [2.45, 2.75) is 39.7 Å². The Labute approximate surface area is 113 Å². The molecule has 0 aromatic carbocycles. The fourth-order valence-corrected chi connectivity index (χ4v) is 2.54. The summed E-state index contributed by atoms with van der Waals surface area (Å²) in [4.78, 5) is 0. The zero-order valence-corrected chi connectivity index (χ0v) is 11.9. The van der Waals surface area contributed by atoms with Crippen LogP contribution in [0.1, 0.15) is 36.2 Å². The summed E-state index contributed by atoms with van der Waals surface area (Å²) in [5.74, 6) is 0.327. The third-order valence-electron chi connectivity index (χ3n) is 4.10. The van der Waals surface area contributed by atoms with Crippen LogP contribution in [-0.4, -0.2) is 27.4 Å². The van der Waals surface area contributed by atoms with Gasteiger partial charge in [0.05, 0.1) is 5.69 Å². The number of hydrogen-bond acceptors (Lipinski definition) is 4. The number of nitrogens with zero attached hydrogens (tertiary/aromatic N) is 3. The van der Waals surface area contributed by atoms with Crippen molar-refractivity contribution in [2.75, 3.05) is 6.54 Å². The molecule has 106 valence electrons. The third-order valence-corrected chi connectivity index (χ3v) is 4.10. The summed E-state index contributed by atoms with van der Waals surface area (Å²) in [6, 6.07) is 0. The van der Waals surface area contributed by atoms with Crippen LogP contribution in [0.4, 0.5) is 0 Å². The van der Waals surface area contributed by atoms with Gasteiger partial charge in [0, 0.05) is 37.8 Å². The SMILES string of the molecule is Cc1nn(C)c(C)c1CNCC1(CC(N)=NO)CC1. The predicted octanol–water partition coefficient (Wildman–Crippen LogP) is 1.04. The van der Waals surface area contributed by atoms with Crippen molar-refractivity contribution in [3.8, 4) is 0 Å². The molecule has 1 aromatic rings. The highest BCUT2D eigenvalue weighted by atomic mass is 16.4. The number of nitrogens with one attached hydrogen (secondary N) is 1. The monoisotopic (exact) mass is 265 g/mol. The lowest BCUT2D eigenvalue weighted by molar-refractivity contribution is 0.314. The summed E-state index contributed by atoms with van der Waals surface area (Å²) in [5.41, 5.74) is 9.33. The maximum absolute atomic E-state index is 8.64. The van der Waals surface area contributed by atoms with E-state index in [1.54, 1.807) is 0 Å². The molecule has 0 saturated heterocycles. The topological polar surface area (TPSA) is 88.5 Å². The molecular weight excluding hydrogens is 242 g/mol. The van der Waals surface area contributed by atoms with Crippen LogP contribution in [0.3, 0.4) is 0 Å². The Morgan fingerprint density at radius 1 is 1.53 bits per heavy atom. The van der Waals surface area contributed by atoms with Crippen LogP contribution in [0.25, 0.3) is 0 Å². The molecule has 1 aliphatic carbocycles. The average molecular weight is 265 g/mol. The molecule has 1 saturated carbocycles. The molecule has 1 fully saturated rings. The van der Waals surface area contributed by atoms with Crippen molar-refractivity contribution in [3.63, 3.8) is 0 Å². The van der Waals surface area contributed by atoms with Gasteiger partial charge in [-0.15, -0.1) is 0 Å². The van der Waals surface area contributed by atoms with Crippen LogP contribution in [0.2, 0.25) is 0 Å². The molecule has 6 nitrogen and oxygen atoms in total. The van der Waals surface area contributed by atoms with Crippen molar-refractivity contribution >= 4 is 5.84 Å². The van der Waals surface area contributed by atoms with Gasteiger partial charge in [0.15, 0.2) is 0 Å². The zero-order chi connectivity index (χ0) is 14.0. The molecule has 1 aromatic heterocycles. The second kappa shape index (κ2) is 5.21. The predicted molar refractivity (Wildman–Crippen MR) is 74.1 cm³/mol. The molecule has 4 N–H and O–H groups in total. The minimum atomic E-state index is 0.195. The van der Waals surface area contributed by atoms with Crippen LogP contribution in [-0.2, 0) is 13.6 Å². The van der Waals surface area contributed by atoms with Crippen molar-refractivity contribution in [1.82, 2.24) is 15.1 Å². The lowest BCUT2D eigenvalue weighted by Gasteiger charge is -2.15. The van der Waals surface area contributed by atoms with Crippen LogP contribution in [0.5, 0.6) is 0 Å². The fraction of sp³-hybridized carbons (Fsp3) is 0.692. The first-order valence-corrected chi connectivity index (χ1v) is 6.64. The molecule has 0 aliphatic heterocycles. The van der Waals surface area contributed by atoms with E-state index in [1.807, 2.05) is 18.7 Å². The van der Waals surface area contributed by atoms with E-state index in [1.165, 1.54) is 11.3 Å². The highest BCUT2D eigenvalue weighted by molar-refractivity contribution is 5.80. The Hall–Kier alpha value is -1.56. The van der Waals surface area contributed by atoms with Crippen molar-refractivity contribution in [1.29, 1.82) is 0 Å². The van der Waals surface area contributed by atoms with Crippen LogP contribution in [0.15, 0.2) is 5.16 Å². The minimum absolute atomic E-state index is 0.195. The van der Waals surface area contributed by atoms with Gasteiger partial charge in [-0.05, 0) is 32.1 Å². The van der Waals surface area contributed by atoms with Crippen LogP contribution < -0.4 is 11.1 Å². The van der Waals surface area contributed by atoms with Gasteiger partial charge in [0.2, 0.25) is 0 Å². The summed E-state index contributed by atoms with van der Waals surface area (Å²) >= 11 is 0. The van der Waals surface area contributed by atoms with E-state index in [2.05, 4.69) is 22.5 Å². The first-order chi connectivity index (χ1) is 8.97. The van der Waals surface area contributed by atoms with Crippen LogP contribution in [0, 0.1) is 19.3 Å². The van der Waals surface area contributed by atoms with Gasteiger partial charge >= 0.3 is 0 Å².